The van der Waals surface area contributed by atoms with E-state index in [1.54, 1.807) is 11.0 Å². The van der Waals surface area contributed by atoms with Crippen LogP contribution in [0.25, 0.3) is 0 Å². The van der Waals surface area contributed by atoms with E-state index in [1.807, 2.05) is 0 Å². The first-order chi connectivity index (χ1) is 9.29. The standard InChI is InChI=1S/C16H19BrFNO/c1-16(2,3)11-6-8-19(9-7-11)15(20)13-10-12(18)4-5-14(13)17/h4-6,10H,7-9H2,1-3H3. The molecule has 1 amide bonds. The zero-order valence-electron chi connectivity index (χ0n) is 12.0. The molecule has 0 unspecified atom stereocenters. The van der Waals surface area contributed by atoms with Crippen LogP contribution >= 0.6 is 15.9 Å². The lowest BCUT2D eigenvalue weighted by atomic mass is 9.83. The summed E-state index contributed by atoms with van der Waals surface area (Å²) in [5.74, 6) is -0.514. The Kier molecular flexibility index (Phi) is 4.33. The lowest BCUT2D eigenvalue weighted by Gasteiger charge is -2.32. The van der Waals surface area contributed by atoms with Crippen molar-refractivity contribution in [2.24, 2.45) is 5.41 Å². The fourth-order valence-electron chi connectivity index (χ4n) is 2.37. The number of carbonyl (C=O) groups is 1. The minimum Gasteiger partial charge on any atom is -0.335 e. The van der Waals surface area contributed by atoms with Crippen molar-refractivity contribution < 1.29 is 9.18 Å². The third-order valence-electron chi connectivity index (χ3n) is 3.62. The van der Waals surface area contributed by atoms with Gasteiger partial charge in [0.05, 0.1) is 5.56 Å². The average molecular weight is 340 g/mol. The van der Waals surface area contributed by atoms with Crippen molar-refractivity contribution in [3.63, 3.8) is 0 Å². The van der Waals surface area contributed by atoms with Crippen LogP contribution in [0.2, 0.25) is 0 Å². The molecule has 2 rings (SSSR count). The topological polar surface area (TPSA) is 20.3 Å². The molecular formula is C16H19BrFNO. The van der Waals surface area contributed by atoms with E-state index in [0.717, 1.165) is 6.42 Å². The van der Waals surface area contributed by atoms with Crippen molar-refractivity contribution in [2.45, 2.75) is 27.2 Å². The second-order valence-electron chi connectivity index (χ2n) is 6.10. The molecule has 0 saturated heterocycles. The molecule has 0 radical (unpaired) electrons. The smallest absolute Gasteiger partial charge is 0.255 e. The Morgan fingerprint density at radius 2 is 2.05 bits per heavy atom. The summed E-state index contributed by atoms with van der Waals surface area (Å²) in [5, 5.41) is 0. The highest BCUT2D eigenvalue weighted by atomic mass is 79.9. The van der Waals surface area contributed by atoms with Gasteiger partial charge in [0, 0.05) is 17.6 Å². The molecule has 1 aromatic carbocycles. The van der Waals surface area contributed by atoms with E-state index in [9.17, 15) is 9.18 Å². The van der Waals surface area contributed by atoms with E-state index >= 15 is 0 Å². The molecular weight excluding hydrogens is 321 g/mol. The Bertz CT molecular complexity index is 560. The molecule has 108 valence electrons. The van der Waals surface area contributed by atoms with Crippen molar-refractivity contribution in [2.75, 3.05) is 13.1 Å². The second-order valence-corrected chi connectivity index (χ2v) is 6.96. The molecule has 0 aliphatic carbocycles. The maximum atomic E-state index is 13.3. The van der Waals surface area contributed by atoms with Crippen LogP contribution < -0.4 is 0 Å². The predicted octanol–water partition coefficient (Wildman–Crippen LogP) is 4.41. The lowest BCUT2D eigenvalue weighted by molar-refractivity contribution is 0.0763. The Balaban J connectivity index is 2.17. The summed E-state index contributed by atoms with van der Waals surface area (Å²) in [4.78, 5) is 14.2. The summed E-state index contributed by atoms with van der Waals surface area (Å²) in [6, 6.07) is 4.20. The summed E-state index contributed by atoms with van der Waals surface area (Å²) < 4.78 is 13.9. The fraction of sp³-hybridized carbons (Fsp3) is 0.438. The third kappa shape index (κ3) is 3.29. The molecule has 0 spiro atoms. The molecule has 2 nitrogen and oxygen atoms in total. The van der Waals surface area contributed by atoms with E-state index in [0.29, 0.717) is 23.1 Å². The van der Waals surface area contributed by atoms with Crippen molar-refractivity contribution in [3.05, 3.63) is 45.7 Å². The Hall–Kier alpha value is -1.16. The number of amides is 1. The number of hydrogen-bond donors (Lipinski definition) is 0. The number of carbonyl (C=O) groups excluding carboxylic acids is 1. The van der Waals surface area contributed by atoms with Crippen LogP contribution in [0.1, 0.15) is 37.6 Å². The molecule has 4 heteroatoms. The zero-order valence-corrected chi connectivity index (χ0v) is 13.6. The Morgan fingerprint density at radius 3 is 2.60 bits per heavy atom. The van der Waals surface area contributed by atoms with Crippen LogP contribution in [-0.2, 0) is 0 Å². The van der Waals surface area contributed by atoms with Gasteiger partial charge >= 0.3 is 0 Å². The molecule has 0 fully saturated rings. The van der Waals surface area contributed by atoms with Gasteiger partial charge < -0.3 is 4.90 Å². The predicted molar refractivity (Wildman–Crippen MR) is 82.2 cm³/mol. The van der Waals surface area contributed by atoms with Gasteiger partial charge in [0.1, 0.15) is 5.82 Å². The Morgan fingerprint density at radius 1 is 1.35 bits per heavy atom. The summed E-state index contributed by atoms with van der Waals surface area (Å²) in [7, 11) is 0. The number of rotatable bonds is 1. The third-order valence-corrected chi connectivity index (χ3v) is 4.31. The molecule has 1 aromatic rings. The first-order valence-electron chi connectivity index (χ1n) is 6.73. The largest absolute Gasteiger partial charge is 0.335 e. The van der Waals surface area contributed by atoms with Gasteiger partial charge in [-0.1, -0.05) is 32.4 Å². The van der Waals surface area contributed by atoms with Crippen LogP contribution in [0.15, 0.2) is 34.3 Å². The van der Waals surface area contributed by atoms with Crippen LogP contribution in [-0.4, -0.2) is 23.9 Å². The molecule has 0 N–H and O–H groups in total. The van der Waals surface area contributed by atoms with Crippen molar-refractivity contribution in [3.8, 4) is 0 Å². The van der Waals surface area contributed by atoms with Crippen LogP contribution in [0.4, 0.5) is 4.39 Å². The highest BCUT2D eigenvalue weighted by Crippen LogP contribution is 2.30. The van der Waals surface area contributed by atoms with E-state index in [2.05, 4.69) is 42.8 Å². The summed E-state index contributed by atoms with van der Waals surface area (Å²) in [5.41, 5.74) is 1.91. The van der Waals surface area contributed by atoms with Gasteiger partial charge in [-0.05, 0) is 46.0 Å². The van der Waals surface area contributed by atoms with E-state index in [4.69, 9.17) is 0 Å². The number of hydrogen-bond acceptors (Lipinski definition) is 1. The van der Waals surface area contributed by atoms with Gasteiger partial charge in [-0.2, -0.15) is 0 Å². The van der Waals surface area contributed by atoms with Crippen LogP contribution in [0.5, 0.6) is 0 Å². The van der Waals surface area contributed by atoms with Crippen LogP contribution in [0.3, 0.4) is 0 Å². The van der Waals surface area contributed by atoms with Crippen molar-refractivity contribution in [1.29, 1.82) is 0 Å². The normalized spacial score (nSPS) is 16.1. The summed E-state index contributed by atoms with van der Waals surface area (Å²) in [6.45, 7) is 7.82. The molecule has 20 heavy (non-hydrogen) atoms. The first-order valence-corrected chi connectivity index (χ1v) is 7.52. The molecule has 0 bridgehead atoms. The second kappa shape index (κ2) is 5.68. The van der Waals surface area contributed by atoms with E-state index < -0.39 is 0 Å². The quantitative estimate of drug-likeness (QED) is 0.694. The van der Waals surface area contributed by atoms with E-state index in [1.165, 1.54) is 17.7 Å². The molecule has 1 aliphatic rings. The van der Waals surface area contributed by atoms with Gasteiger partial charge in [0.2, 0.25) is 0 Å². The van der Waals surface area contributed by atoms with Crippen molar-refractivity contribution >= 4 is 21.8 Å². The molecule has 0 aromatic heterocycles. The van der Waals surface area contributed by atoms with Gasteiger partial charge in [-0.25, -0.2) is 4.39 Å². The monoisotopic (exact) mass is 339 g/mol. The SMILES string of the molecule is CC(C)(C)C1=CCN(C(=O)c2cc(F)ccc2Br)CC1. The Labute approximate surface area is 127 Å². The first kappa shape index (κ1) is 15.2. The van der Waals surface area contributed by atoms with Crippen LogP contribution in [0, 0.1) is 11.2 Å². The van der Waals surface area contributed by atoms with Crippen molar-refractivity contribution in [1.82, 2.24) is 4.90 Å². The highest BCUT2D eigenvalue weighted by molar-refractivity contribution is 9.10. The average Bonchev–Trinajstić information content (AvgIpc) is 2.40. The van der Waals surface area contributed by atoms with Gasteiger partial charge in [0.15, 0.2) is 0 Å². The zero-order chi connectivity index (χ0) is 14.9. The minimum absolute atomic E-state index is 0.124. The molecule has 1 heterocycles. The maximum absolute atomic E-state index is 13.3. The van der Waals surface area contributed by atoms with Gasteiger partial charge in [-0.3, -0.25) is 4.79 Å². The van der Waals surface area contributed by atoms with Gasteiger partial charge in [-0.15, -0.1) is 0 Å². The summed E-state index contributed by atoms with van der Waals surface area (Å²) in [6.07, 6.45) is 3.00. The molecule has 0 atom stereocenters. The fourth-order valence-corrected chi connectivity index (χ4v) is 2.78. The van der Waals surface area contributed by atoms with Gasteiger partial charge in [0.25, 0.3) is 5.91 Å². The number of halogens is 2. The maximum Gasteiger partial charge on any atom is 0.255 e. The molecule has 0 saturated carbocycles. The molecule has 1 aliphatic heterocycles. The van der Waals surface area contributed by atoms with E-state index in [-0.39, 0.29) is 17.1 Å². The lowest BCUT2D eigenvalue weighted by Crippen LogP contribution is -2.36. The minimum atomic E-state index is -0.389. The highest BCUT2D eigenvalue weighted by Gasteiger charge is 2.25. The number of benzene rings is 1. The number of nitrogens with zero attached hydrogens (tertiary/aromatic N) is 1. The summed E-state index contributed by atoms with van der Waals surface area (Å²) >= 11 is 3.31.